The number of hydrogen-bond donors (Lipinski definition) is 1. The van der Waals surface area contributed by atoms with Crippen LogP contribution < -0.4 is 0 Å². The van der Waals surface area contributed by atoms with Crippen LogP contribution in [0.25, 0.3) is 10.9 Å². The van der Waals surface area contributed by atoms with Crippen molar-refractivity contribution in [2.75, 3.05) is 20.3 Å². The monoisotopic (exact) mass is 340 g/mol. The van der Waals surface area contributed by atoms with E-state index in [0.717, 1.165) is 36.4 Å². The van der Waals surface area contributed by atoms with Gasteiger partial charge in [-0.2, -0.15) is 0 Å². The number of para-hydroxylation sites is 1. The number of benzene rings is 1. The SMILES string of the molecule is Cc1c(C(=O)O)c2ccccc2n1CC12CC(N(C)C3COC3)(C1)C2. The number of ether oxygens (including phenoxy) is 1. The normalized spacial score (nSPS) is 30.8. The van der Waals surface area contributed by atoms with Crippen molar-refractivity contribution in [3.63, 3.8) is 0 Å². The number of carboxylic acid groups (broad SMARTS) is 1. The van der Waals surface area contributed by atoms with E-state index in [0.29, 0.717) is 22.6 Å². The fourth-order valence-corrected chi connectivity index (χ4v) is 5.55. The van der Waals surface area contributed by atoms with Gasteiger partial charge < -0.3 is 14.4 Å². The third kappa shape index (κ3) is 1.94. The highest BCUT2D eigenvalue weighted by atomic mass is 16.5. The Hall–Kier alpha value is -1.85. The number of likely N-dealkylation sites (N-methyl/N-ethyl adjacent to an activating group) is 1. The summed E-state index contributed by atoms with van der Waals surface area (Å²) in [6, 6.07) is 8.48. The van der Waals surface area contributed by atoms with Gasteiger partial charge in [0.05, 0.1) is 24.8 Å². The molecule has 5 heteroatoms. The maximum Gasteiger partial charge on any atom is 0.338 e. The van der Waals surface area contributed by atoms with Gasteiger partial charge >= 0.3 is 5.97 Å². The van der Waals surface area contributed by atoms with E-state index < -0.39 is 5.97 Å². The number of hydrogen-bond acceptors (Lipinski definition) is 3. The van der Waals surface area contributed by atoms with E-state index in [-0.39, 0.29) is 0 Å². The molecule has 132 valence electrons. The van der Waals surface area contributed by atoms with E-state index in [1.54, 1.807) is 0 Å². The summed E-state index contributed by atoms with van der Waals surface area (Å²) < 4.78 is 7.59. The molecule has 0 unspecified atom stereocenters. The van der Waals surface area contributed by atoms with Crippen LogP contribution in [-0.2, 0) is 11.3 Å². The van der Waals surface area contributed by atoms with Gasteiger partial charge in [0.2, 0.25) is 0 Å². The van der Waals surface area contributed by atoms with Gasteiger partial charge in [0.25, 0.3) is 0 Å². The Bertz CT molecular complexity index is 861. The molecule has 0 spiro atoms. The van der Waals surface area contributed by atoms with Crippen LogP contribution in [0.5, 0.6) is 0 Å². The van der Waals surface area contributed by atoms with Crippen LogP contribution in [0.3, 0.4) is 0 Å². The zero-order valence-electron chi connectivity index (χ0n) is 14.8. The van der Waals surface area contributed by atoms with Crippen LogP contribution in [0.4, 0.5) is 0 Å². The lowest BCUT2D eigenvalue weighted by molar-refractivity contribution is -0.250. The molecule has 1 aliphatic heterocycles. The van der Waals surface area contributed by atoms with Crippen molar-refractivity contribution in [1.29, 1.82) is 0 Å². The number of nitrogens with zero attached hydrogens (tertiary/aromatic N) is 2. The Morgan fingerprint density at radius 1 is 1.32 bits per heavy atom. The third-order valence-corrected chi connectivity index (χ3v) is 6.97. The largest absolute Gasteiger partial charge is 0.478 e. The van der Waals surface area contributed by atoms with Crippen molar-refractivity contribution in [3.05, 3.63) is 35.5 Å². The summed E-state index contributed by atoms with van der Waals surface area (Å²) in [5.41, 5.74) is 3.12. The summed E-state index contributed by atoms with van der Waals surface area (Å²) in [5.74, 6) is -0.828. The Kier molecular flexibility index (Phi) is 3.00. The first-order valence-electron chi connectivity index (χ1n) is 9.07. The molecule has 0 radical (unpaired) electrons. The topological polar surface area (TPSA) is 54.7 Å². The summed E-state index contributed by atoms with van der Waals surface area (Å²) >= 11 is 0. The highest BCUT2D eigenvalue weighted by Gasteiger charge is 2.70. The lowest BCUT2D eigenvalue weighted by Gasteiger charge is -2.75. The molecule has 1 saturated heterocycles. The number of fused-ring (bicyclic) bond motifs is 1. The Balaban J connectivity index is 1.42. The van der Waals surface area contributed by atoms with Gasteiger partial charge in [-0.05, 0) is 44.7 Å². The van der Waals surface area contributed by atoms with Crippen molar-refractivity contribution in [1.82, 2.24) is 9.47 Å². The van der Waals surface area contributed by atoms with E-state index >= 15 is 0 Å². The molecule has 0 atom stereocenters. The Morgan fingerprint density at radius 2 is 2.00 bits per heavy atom. The van der Waals surface area contributed by atoms with Gasteiger partial charge in [0.1, 0.15) is 0 Å². The summed E-state index contributed by atoms with van der Waals surface area (Å²) in [4.78, 5) is 14.3. The first kappa shape index (κ1) is 15.4. The minimum Gasteiger partial charge on any atom is -0.478 e. The molecule has 25 heavy (non-hydrogen) atoms. The molecule has 1 aromatic carbocycles. The van der Waals surface area contributed by atoms with Crippen LogP contribution in [0.2, 0.25) is 0 Å². The molecular weight excluding hydrogens is 316 g/mol. The average molecular weight is 340 g/mol. The summed E-state index contributed by atoms with van der Waals surface area (Å²) in [6.45, 7) is 4.62. The number of aromatic nitrogens is 1. The highest BCUT2D eigenvalue weighted by molar-refractivity contribution is 6.05. The van der Waals surface area contributed by atoms with Crippen molar-refractivity contribution in [2.24, 2.45) is 5.41 Å². The van der Waals surface area contributed by atoms with Gasteiger partial charge in [-0.3, -0.25) is 4.90 Å². The molecule has 4 aliphatic rings. The zero-order valence-corrected chi connectivity index (χ0v) is 14.8. The minimum absolute atomic E-state index is 0.348. The van der Waals surface area contributed by atoms with Gasteiger partial charge in [-0.15, -0.1) is 0 Å². The zero-order chi connectivity index (χ0) is 17.4. The second-order valence-corrected chi connectivity index (χ2v) is 8.43. The standard InChI is InChI=1S/C20H24N2O3/c1-13-17(18(23)24)15-5-3-4-6-16(15)22(13)12-19-9-20(10-19,11-19)21(2)14-7-25-8-14/h3-6,14H,7-12H2,1-2H3,(H,23,24). The van der Waals surface area contributed by atoms with Gasteiger partial charge in [-0.25, -0.2) is 4.79 Å². The molecule has 2 aromatic rings. The lowest BCUT2D eigenvalue weighted by atomic mass is 9.38. The van der Waals surface area contributed by atoms with Crippen LogP contribution in [0, 0.1) is 12.3 Å². The second kappa shape index (κ2) is 4.86. The smallest absolute Gasteiger partial charge is 0.338 e. The Morgan fingerprint density at radius 3 is 2.60 bits per heavy atom. The van der Waals surface area contributed by atoms with E-state index in [2.05, 4.69) is 16.5 Å². The van der Waals surface area contributed by atoms with E-state index in [1.165, 1.54) is 19.3 Å². The van der Waals surface area contributed by atoms with Gasteiger partial charge in [0.15, 0.2) is 0 Å². The average Bonchev–Trinajstić information content (AvgIpc) is 2.71. The molecule has 6 rings (SSSR count). The number of rotatable bonds is 5. The summed E-state index contributed by atoms with van der Waals surface area (Å²) in [7, 11) is 2.25. The summed E-state index contributed by atoms with van der Waals surface area (Å²) in [5, 5.41) is 10.5. The highest BCUT2D eigenvalue weighted by Crippen LogP contribution is 2.70. The minimum atomic E-state index is -0.828. The van der Waals surface area contributed by atoms with Crippen molar-refractivity contribution >= 4 is 16.9 Å². The maximum absolute atomic E-state index is 11.7. The van der Waals surface area contributed by atoms with E-state index in [1.807, 2.05) is 31.2 Å². The van der Waals surface area contributed by atoms with Crippen LogP contribution >= 0.6 is 0 Å². The van der Waals surface area contributed by atoms with Crippen molar-refractivity contribution in [3.8, 4) is 0 Å². The molecule has 1 aromatic heterocycles. The molecule has 2 bridgehead atoms. The first-order chi connectivity index (χ1) is 11.9. The molecule has 1 N–H and O–H groups in total. The molecule has 3 saturated carbocycles. The van der Waals surface area contributed by atoms with Crippen LogP contribution in [-0.4, -0.2) is 52.4 Å². The number of carboxylic acids is 1. The summed E-state index contributed by atoms with van der Waals surface area (Å²) in [6.07, 6.45) is 3.67. The van der Waals surface area contributed by atoms with Gasteiger partial charge in [-0.1, -0.05) is 18.2 Å². The van der Waals surface area contributed by atoms with E-state index in [9.17, 15) is 9.90 Å². The number of carbonyl (C=O) groups is 1. The fraction of sp³-hybridized carbons (Fsp3) is 0.550. The molecule has 4 fully saturated rings. The molecule has 3 aliphatic carbocycles. The third-order valence-electron chi connectivity index (χ3n) is 6.97. The van der Waals surface area contributed by atoms with E-state index in [4.69, 9.17) is 4.74 Å². The molecular formula is C20H24N2O3. The van der Waals surface area contributed by atoms with Crippen molar-refractivity contribution < 1.29 is 14.6 Å². The quantitative estimate of drug-likeness (QED) is 0.909. The van der Waals surface area contributed by atoms with Crippen molar-refractivity contribution in [2.45, 2.75) is 44.3 Å². The first-order valence-corrected chi connectivity index (χ1v) is 9.07. The maximum atomic E-state index is 11.7. The molecule has 5 nitrogen and oxygen atoms in total. The van der Waals surface area contributed by atoms with Gasteiger partial charge in [0, 0.05) is 28.7 Å². The van der Waals surface area contributed by atoms with Crippen LogP contribution in [0.1, 0.15) is 35.3 Å². The molecule has 2 heterocycles. The predicted octanol–water partition coefficient (Wildman–Crippen LogP) is 2.90. The lowest BCUT2D eigenvalue weighted by Crippen LogP contribution is -2.77. The molecule has 0 amide bonds. The van der Waals surface area contributed by atoms with Crippen LogP contribution in [0.15, 0.2) is 24.3 Å². The number of aromatic carboxylic acids is 1. The predicted molar refractivity (Wildman–Crippen MR) is 95.0 cm³/mol. The second-order valence-electron chi connectivity index (χ2n) is 8.43. The fourth-order valence-electron chi connectivity index (χ4n) is 5.55. The Labute approximate surface area is 147 Å².